The molecule has 1 atom stereocenters. The Morgan fingerprint density at radius 1 is 0.896 bits per heavy atom. The number of amides is 5. The van der Waals surface area contributed by atoms with E-state index in [1.165, 1.54) is 0 Å². The second kappa shape index (κ2) is 19.9. The number of carbonyl (C=O) groups is 5. The number of alkyl halides is 2. The standard InChI is InChI=1S/C48H60F2N12O5/c1-31(63)60-19-14-41-39(29-60)47(61-16-4-6-32-24-37(33-27-51-56(2)28-33)38(46(49)50)26-42(32)61)55-62(41)36-12-17-59(18-13-36)45(66)9-5-15-57-20-22-58(23-21-57)30-44(65)53-35-8-3-7-34(25-35)52-40-10-11-43(64)54-48(40)67/h3,7-8,24-28,36,40,46,52H,4-6,9-23,29-30H2,1-2H3,(H,53,65)(H,54,64,67). The molecule has 7 heterocycles. The van der Waals surface area contributed by atoms with Crippen molar-refractivity contribution in [1.82, 2.24) is 44.5 Å². The van der Waals surface area contributed by atoms with Crippen molar-refractivity contribution in [2.24, 2.45) is 7.05 Å². The number of nitrogens with zero attached hydrogens (tertiary/aromatic N) is 9. The molecule has 5 aliphatic heterocycles. The largest absolute Gasteiger partial charge is 0.374 e. The Labute approximate surface area is 388 Å². The van der Waals surface area contributed by atoms with Crippen LogP contribution in [0.25, 0.3) is 11.1 Å². The first kappa shape index (κ1) is 45.9. The van der Waals surface area contributed by atoms with E-state index >= 15 is 0 Å². The summed E-state index contributed by atoms with van der Waals surface area (Å²) in [6.07, 6.45) is 6.32. The summed E-state index contributed by atoms with van der Waals surface area (Å²) in [4.78, 5) is 73.1. The van der Waals surface area contributed by atoms with Crippen molar-refractivity contribution in [3.63, 3.8) is 0 Å². The number of carbonyl (C=O) groups excluding carboxylic acids is 5. The molecular formula is C48H60F2N12O5. The van der Waals surface area contributed by atoms with Crippen molar-refractivity contribution >= 4 is 52.4 Å². The van der Waals surface area contributed by atoms with E-state index in [1.54, 1.807) is 55.3 Å². The molecule has 0 spiro atoms. The molecule has 356 valence electrons. The van der Waals surface area contributed by atoms with Gasteiger partial charge in [0, 0.05) is 131 Å². The molecule has 9 rings (SSSR count). The lowest BCUT2D eigenvalue weighted by molar-refractivity contribution is -0.134. The summed E-state index contributed by atoms with van der Waals surface area (Å²) in [7, 11) is 1.77. The van der Waals surface area contributed by atoms with Gasteiger partial charge < -0.3 is 30.2 Å². The number of fused-ring (bicyclic) bond motifs is 2. The van der Waals surface area contributed by atoms with Crippen LogP contribution in [0.2, 0.25) is 0 Å². The molecule has 5 aliphatic rings. The van der Waals surface area contributed by atoms with Gasteiger partial charge in [0.1, 0.15) is 6.04 Å². The Morgan fingerprint density at radius 2 is 1.67 bits per heavy atom. The predicted molar refractivity (Wildman–Crippen MR) is 248 cm³/mol. The predicted octanol–water partition coefficient (Wildman–Crippen LogP) is 4.63. The highest BCUT2D eigenvalue weighted by Gasteiger charge is 2.35. The number of hydrogen-bond donors (Lipinski definition) is 3. The molecule has 3 N–H and O–H groups in total. The van der Waals surface area contributed by atoms with E-state index in [4.69, 9.17) is 5.10 Å². The smallest absolute Gasteiger partial charge is 0.264 e. The molecule has 0 aliphatic carbocycles. The molecule has 0 bridgehead atoms. The van der Waals surface area contributed by atoms with Crippen molar-refractivity contribution < 1.29 is 32.8 Å². The number of anilines is 4. The molecule has 17 nitrogen and oxygen atoms in total. The highest BCUT2D eigenvalue weighted by molar-refractivity contribution is 6.01. The molecule has 2 aromatic carbocycles. The van der Waals surface area contributed by atoms with Crippen LogP contribution in [0.15, 0.2) is 48.8 Å². The van der Waals surface area contributed by atoms with Crippen LogP contribution in [-0.2, 0) is 50.4 Å². The number of hydrogen-bond acceptors (Lipinski definition) is 11. The van der Waals surface area contributed by atoms with Crippen molar-refractivity contribution in [2.45, 2.75) is 89.8 Å². The van der Waals surface area contributed by atoms with Crippen LogP contribution in [0.4, 0.5) is 31.7 Å². The highest BCUT2D eigenvalue weighted by atomic mass is 19.3. The maximum Gasteiger partial charge on any atom is 0.264 e. The fourth-order valence-electron chi connectivity index (χ4n) is 10.3. The fraction of sp³-hybridized carbons (Fsp3) is 0.521. The maximum absolute atomic E-state index is 14.7. The first-order valence-corrected chi connectivity index (χ1v) is 23.7. The summed E-state index contributed by atoms with van der Waals surface area (Å²) < 4.78 is 33.2. The minimum atomic E-state index is -2.68. The number of aryl methyl sites for hydroxylation is 2. The van der Waals surface area contributed by atoms with Crippen LogP contribution in [0.3, 0.4) is 0 Å². The van der Waals surface area contributed by atoms with Crippen LogP contribution >= 0.6 is 0 Å². The molecule has 5 amide bonds. The molecule has 2 aromatic heterocycles. The van der Waals surface area contributed by atoms with Crippen LogP contribution in [0.1, 0.15) is 86.7 Å². The lowest BCUT2D eigenvalue weighted by Gasteiger charge is -2.35. The van der Waals surface area contributed by atoms with E-state index < -0.39 is 12.5 Å². The summed E-state index contributed by atoms with van der Waals surface area (Å²) in [5, 5.41) is 18.0. The highest BCUT2D eigenvalue weighted by Crippen LogP contribution is 2.44. The van der Waals surface area contributed by atoms with Crippen LogP contribution in [-0.4, -0.2) is 140 Å². The number of rotatable bonds is 13. The summed E-state index contributed by atoms with van der Waals surface area (Å²) >= 11 is 0. The molecule has 3 saturated heterocycles. The summed E-state index contributed by atoms with van der Waals surface area (Å²) in [6, 6.07) is 10.3. The normalized spacial score (nSPS) is 19.6. The van der Waals surface area contributed by atoms with Crippen LogP contribution in [0.5, 0.6) is 0 Å². The van der Waals surface area contributed by atoms with Gasteiger partial charge in [0.25, 0.3) is 6.43 Å². The average molecular weight is 923 g/mol. The Hall–Kier alpha value is -6.21. The van der Waals surface area contributed by atoms with Gasteiger partial charge in [0.2, 0.25) is 29.5 Å². The van der Waals surface area contributed by atoms with E-state index in [0.717, 1.165) is 93.2 Å². The number of nitrogens with one attached hydrogen (secondary N) is 3. The third kappa shape index (κ3) is 10.4. The van der Waals surface area contributed by atoms with E-state index in [9.17, 15) is 32.8 Å². The average Bonchev–Trinajstić information content (AvgIpc) is 3.93. The van der Waals surface area contributed by atoms with Crippen LogP contribution in [0, 0.1) is 0 Å². The zero-order valence-electron chi connectivity index (χ0n) is 38.3. The van der Waals surface area contributed by atoms with Gasteiger partial charge in [0.15, 0.2) is 5.82 Å². The van der Waals surface area contributed by atoms with Crippen molar-refractivity contribution in [3.8, 4) is 11.1 Å². The Balaban J connectivity index is 0.761. The Bertz CT molecular complexity index is 2510. The first-order chi connectivity index (χ1) is 32.4. The number of piperidine rings is 2. The monoisotopic (exact) mass is 922 g/mol. The zero-order chi connectivity index (χ0) is 46.8. The van der Waals surface area contributed by atoms with E-state index in [-0.39, 0.29) is 54.1 Å². The van der Waals surface area contributed by atoms with Crippen molar-refractivity contribution in [2.75, 3.05) is 81.0 Å². The molecule has 1 unspecified atom stereocenters. The number of imide groups is 1. The number of likely N-dealkylation sites (tertiary alicyclic amines) is 1. The van der Waals surface area contributed by atoms with E-state index in [0.29, 0.717) is 74.5 Å². The Kier molecular flexibility index (Phi) is 13.7. The van der Waals surface area contributed by atoms with Gasteiger partial charge in [0.05, 0.1) is 25.3 Å². The quantitative estimate of drug-likeness (QED) is 0.160. The Morgan fingerprint density at radius 3 is 2.40 bits per heavy atom. The second-order valence-corrected chi connectivity index (χ2v) is 18.5. The number of benzene rings is 2. The SMILES string of the molecule is CC(=O)N1CCc2c(c(N3CCCc4cc(-c5cnn(C)c5)c(C(F)F)cc43)nn2C2CCN(C(=O)CCCN3CCN(CC(=O)Nc4cccc(NC5CCC(=O)NC5=O)c4)CC3)CC2)C1. The molecule has 0 saturated carbocycles. The molecule has 19 heteroatoms. The fourth-order valence-corrected chi connectivity index (χ4v) is 10.3. The molecule has 0 radical (unpaired) electrons. The number of aromatic nitrogens is 4. The minimum absolute atomic E-state index is 0.0116. The van der Waals surface area contributed by atoms with Gasteiger partial charge >= 0.3 is 0 Å². The topological polar surface area (TPSA) is 173 Å². The van der Waals surface area contributed by atoms with Crippen molar-refractivity contribution in [3.05, 3.63) is 71.2 Å². The molecule has 3 fully saturated rings. The molecule has 4 aromatic rings. The van der Waals surface area contributed by atoms with Crippen molar-refractivity contribution in [1.29, 1.82) is 0 Å². The third-order valence-electron chi connectivity index (χ3n) is 14.0. The third-order valence-corrected chi connectivity index (χ3v) is 14.0. The van der Waals surface area contributed by atoms with Gasteiger partial charge in [-0.2, -0.15) is 10.2 Å². The van der Waals surface area contributed by atoms with Gasteiger partial charge in [-0.15, -0.1) is 0 Å². The lowest BCUT2D eigenvalue weighted by atomic mass is 9.92. The van der Waals surface area contributed by atoms with Gasteiger partial charge in [-0.1, -0.05) is 6.07 Å². The molecular weight excluding hydrogens is 863 g/mol. The first-order valence-electron chi connectivity index (χ1n) is 23.7. The van der Waals surface area contributed by atoms with Gasteiger partial charge in [-0.05, 0) is 86.5 Å². The summed E-state index contributed by atoms with van der Waals surface area (Å²) in [5.41, 5.74) is 6.17. The zero-order valence-corrected chi connectivity index (χ0v) is 38.3. The minimum Gasteiger partial charge on any atom is -0.374 e. The second-order valence-electron chi connectivity index (χ2n) is 18.5. The lowest BCUT2D eigenvalue weighted by Crippen LogP contribution is -2.48. The van der Waals surface area contributed by atoms with E-state index in [1.807, 2.05) is 21.9 Å². The number of halogens is 2. The van der Waals surface area contributed by atoms with Gasteiger partial charge in [-0.3, -0.25) is 43.6 Å². The number of piperazine rings is 1. The van der Waals surface area contributed by atoms with E-state index in [2.05, 4.69) is 40.4 Å². The van der Waals surface area contributed by atoms with Crippen LogP contribution < -0.4 is 20.9 Å². The summed E-state index contributed by atoms with van der Waals surface area (Å²) in [6.45, 7) is 8.59. The van der Waals surface area contributed by atoms with Gasteiger partial charge in [-0.25, -0.2) is 8.78 Å². The summed E-state index contributed by atoms with van der Waals surface area (Å²) in [5.74, 6) is 0.117. The molecule has 67 heavy (non-hydrogen) atoms. The maximum atomic E-state index is 14.7.